The molecule has 1 rings (SSSR count). The molecule has 0 aliphatic carbocycles. The molecule has 14 heavy (non-hydrogen) atoms. The second-order valence-electron chi connectivity index (χ2n) is 2.75. The summed E-state index contributed by atoms with van der Waals surface area (Å²) in [6.45, 7) is 3.08. The highest BCUT2D eigenvalue weighted by Crippen LogP contribution is 2.23. The Morgan fingerprint density at radius 2 is 2.21 bits per heavy atom. The van der Waals surface area contributed by atoms with E-state index in [1.54, 1.807) is 0 Å². The van der Waals surface area contributed by atoms with E-state index in [4.69, 9.17) is 22.7 Å². The van der Waals surface area contributed by atoms with Crippen LogP contribution in [0.25, 0.3) is 0 Å². The number of thiocarbonyl (C=S) groups is 1. The average Bonchev–Trinajstić information content (AvgIpc) is 2.17. The van der Waals surface area contributed by atoms with Crippen LogP contribution in [0.15, 0.2) is 24.3 Å². The van der Waals surface area contributed by atoms with E-state index in [-0.39, 0.29) is 0 Å². The smallest absolute Gasteiger partial charge is 0.142 e. The summed E-state index contributed by atoms with van der Waals surface area (Å²) in [5.41, 5.74) is 6.31. The number of nitrogens with one attached hydrogen (secondary N) is 1. The molecule has 1 aromatic rings. The van der Waals surface area contributed by atoms with Gasteiger partial charge in [0.15, 0.2) is 0 Å². The first-order chi connectivity index (χ1) is 6.74. The Hall–Kier alpha value is -1.29. The van der Waals surface area contributed by atoms with Crippen LogP contribution in [0.1, 0.15) is 6.92 Å². The van der Waals surface area contributed by atoms with Crippen molar-refractivity contribution in [1.82, 2.24) is 0 Å². The zero-order valence-corrected chi connectivity index (χ0v) is 8.93. The van der Waals surface area contributed by atoms with Crippen molar-refractivity contribution in [2.75, 3.05) is 18.5 Å². The molecule has 1 aromatic carbocycles. The van der Waals surface area contributed by atoms with E-state index >= 15 is 0 Å². The van der Waals surface area contributed by atoms with E-state index in [9.17, 15) is 0 Å². The number of hydrogen-bond acceptors (Lipinski definition) is 3. The van der Waals surface area contributed by atoms with Crippen LogP contribution in [-0.2, 0) is 0 Å². The lowest BCUT2D eigenvalue weighted by atomic mass is 10.3. The Labute approximate surface area is 89.3 Å². The van der Waals surface area contributed by atoms with Gasteiger partial charge in [-0.25, -0.2) is 0 Å². The molecule has 3 N–H and O–H groups in total. The number of nitrogens with two attached hydrogens (primary N) is 1. The van der Waals surface area contributed by atoms with Crippen molar-refractivity contribution in [3.63, 3.8) is 0 Å². The quantitative estimate of drug-likeness (QED) is 0.727. The lowest BCUT2D eigenvalue weighted by molar-refractivity contribution is 0.342. The molecule has 0 aliphatic heterocycles. The van der Waals surface area contributed by atoms with Crippen molar-refractivity contribution in [3.8, 4) is 5.75 Å². The summed E-state index contributed by atoms with van der Waals surface area (Å²) in [5, 5.41) is 3.11. The molecule has 3 nitrogen and oxygen atoms in total. The van der Waals surface area contributed by atoms with Crippen molar-refractivity contribution < 1.29 is 4.74 Å². The Morgan fingerprint density at radius 1 is 1.50 bits per heavy atom. The minimum Gasteiger partial charge on any atom is -0.492 e. The molecule has 0 bridgehead atoms. The maximum atomic E-state index is 5.42. The van der Waals surface area contributed by atoms with E-state index in [0.717, 1.165) is 11.4 Å². The van der Waals surface area contributed by atoms with Gasteiger partial charge in [-0.2, -0.15) is 0 Å². The molecule has 0 heterocycles. The molecular weight excluding hydrogens is 196 g/mol. The highest BCUT2D eigenvalue weighted by atomic mass is 32.1. The van der Waals surface area contributed by atoms with Gasteiger partial charge in [0, 0.05) is 0 Å². The largest absolute Gasteiger partial charge is 0.492 e. The predicted octanol–water partition coefficient (Wildman–Crippen LogP) is 1.78. The van der Waals surface area contributed by atoms with Crippen LogP contribution in [0.2, 0.25) is 0 Å². The van der Waals surface area contributed by atoms with Crippen molar-refractivity contribution in [2.45, 2.75) is 6.92 Å². The summed E-state index contributed by atoms with van der Waals surface area (Å²) < 4.78 is 5.42. The van der Waals surface area contributed by atoms with Gasteiger partial charge in [-0.05, 0) is 19.1 Å². The van der Waals surface area contributed by atoms with Gasteiger partial charge < -0.3 is 15.8 Å². The molecule has 0 amide bonds. The molecule has 0 aliphatic rings. The first-order valence-corrected chi connectivity index (χ1v) is 4.89. The van der Waals surface area contributed by atoms with Crippen LogP contribution in [0.3, 0.4) is 0 Å². The fraction of sp³-hybridized carbons (Fsp3) is 0.300. The van der Waals surface area contributed by atoms with Gasteiger partial charge in [0.05, 0.1) is 23.8 Å². The summed E-state index contributed by atoms with van der Waals surface area (Å²) in [5.74, 6) is 0.825. The summed E-state index contributed by atoms with van der Waals surface area (Å²) in [6, 6.07) is 7.70. The van der Waals surface area contributed by atoms with Crippen LogP contribution in [-0.4, -0.2) is 18.1 Å². The third-order valence-electron chi connectivity index (χ3n) is 1.64. The Morgan fingerprint density at radius 3 is 2.86 bits per heavy atom. The maximum absolute atomic E-state index is 5.42. The summed E-state index contributed by atoms with van der Waals surface area (Å²) in [4.78, 5) is 0.441. The minimum atomic E-state index is 0.441. The van der Waals surface area contributed by atoms with Gasteiger partial charge in [-0.3, -0.25) is 0 Å². The first-order valence-electron chi connectivity index (χ1n) is 4.48. The van der Waals surface area contributed by atoms with Gasteiger partial charge in [-0.1, -0.05) is 24.4 Å². The molecule has 4 heteroatoms. The predicted molar refractivity (Wildman–Crippen MR) is 62.9 cm³/mol. The number of hydrogen-bond donors (Lipinski definition) is 2. The number of benzene rings is 1. The highest BCUT2D eigenvalue weighted by Gasteiger charge is 2.00. The summed E-state index contributed by atoms with van der Waals surface area (Å²) in [7, 11) is 0. The molecule has 0 spiro atoms. The normalized spacial score (nSPS) is 9.50. The van der Waals surface area contributed by atoms with Crippen LogP contribution in [0.4, 0.5) is 5.69 Å². The number of rotatable bonds is 5. The van der Waals surface area contributed by atoms with Crippen molar-refractivity contribution in [2.24, 2.45) is 5.73 Å². The molecule has 0 fully saturated rings. The van der Waals surface area contributed by atoms with E-state index in [1.807, 2.05) is 31.2 Å². The molecule has 0 saturated heterocycles. The number of anilines is 1. The first kappa shape index (κ1) is 10.8. The second kappa shape index (κ2) is 5.44. The molecule has 76 valence electrons. The Kier molecular flexibility index (Phi) is 4.19. The van der Waals surface area contributed by atoms with Crippen LogP contribution in [0, 0.1) is 0 Å². The van der Waals surface area contributed by atoms with Crippen molar-refractivity contribution in [3.05, 3.63) is 24.3 Å². The third-order valence-corrected chi connectivity index (χ3v) is 1.78. The van der Waals surface area contributed by atoms with Crippen molar-refractivity contribution in [1.29, 1.82) is 0 Å². The standard InChI is InChI=1S/C10H14N2OS/c1-2-13-9-6-4-3-5-8(9)12-7-10(11)14/h3-6,12H,2,7H2,1H3,(H2,11,14). The van der Waals surface area contributed by atoms with Gasteiger partial charge in [0.25, 0.3) is 0 Å². The Bertz CT molecular complexity index is 315. The van der Waals surface area contributed by atoms with E-state index in [2.05, 4.69) is 5.32 Å². The fourth-order valence-electron chi connectivity index (χ4n) is 1.08. The van der Waals surface area contributed by atoms with Gasteiger partial charge in [0.1, 0.15) is 5.75 Å². The fourth-order valence-corrected chi connectivity index (χ4v) is 1.15. The maximum Gasteiger partial charge on any atom is 0.142 e. The second-order valence-corrected chi connectivity index (χ2v) is 3.27. The zero-order valence-electron chi connectivity index (χ0n) is 8.12. The molecule has 0 aromatic heterocycles. The number of para-hydroxylation sites is 2. The molecule has 0 saturated carbocycles. The third kappa shape index (κ3) is 3.22. The lowest BCUT2D eigenvalue weighted by Gasteiger charge is -2.11. The molecule has 0 unspecified atom stereocenters. The van der Waals surface area contributed by atoms with Gasteiger partial charge in [0.2, 0.25) is 0 Å². The monoisotopic (exact) mass is 210 g/mol. The van der Waals surface area contributed by atoms with E-state index < -0.39 is 0 Å². The van der Waals surface area contributed by atoms with Crippen LogP contribution >= 0.6 is 12.2 Å². The lowest BCUT2D eigenvalue weighted by Crippen LogP contribution is -2.20. The molecular formula is C10H14N2OS. The van der Waals surface area contributed by atoms with E-state index in [0.29, 0.717) is 18.1 Å². The van der Waals surface area contributed by atoms with E-state index in [1.165, 1.54) is 0 Å². The summed E-state index contributed by atoms with van der Waals surface area (Å²) >= 11 is 4.78. The molecule has 0 atom stereocenters. The van der Waals surface area contributed by atoms with Gasteiger partial charge in [-0.15, -0.1) is 0 Å². The topological polar surface area (TPSA) is 47.3 Å². The highest BCUT2D eigenvalue weighted by molar-refractivity contribution is 7.80. The number of ether oxygens (including phenoxy) is 1. The van der Waals surface area contributed by atoms with Crippen LogP contribution in [0.5, 0.6) is 5.75 Å². The zero-order chi connectivity index (χ0) is 10.4. The average molecular weight is 210 g/mol. The van der Waals surface area contributed by atoms with Gasteiger partial charge >= 0.3 is 0 Å². The summed E-state index contributed by atoms with van der Waals surface area (Å²) in [6.07, 6.45) is 0. The Balaban J connectivity index is 2.68. The molecule has 0 radical (unpaired) electrons. The van der Waals surface area contributed by atoms with Crippen LogP contribution < -0.4 is 15.8 Å². The minimum absolute atomic E-state index is 0.441. The van der Waals surface area contributed by atoms with Crippen molar-refractivity contribution >= 4 is 22.9 Å². The SMILES string of the molecule is CCOc1ccccc1NCC(N)=S.